The van der Waals surface area contributed by atoms with E-state index in [1.807, 2.05) is 28.8 Å². The summed E-state index contributed by atoms with van der Waals surface area (Å²) in [7, 11) is 0. The molecule has 0 unspecified atom stereocenters. The van der Waals surface area contributed by atoms with Gasteiger partial charge in [0, 0.05) is 17.3 Å². The van der Waals surface area contributed by atoms with Gasteiger partial charge in [0.25, 0.3) is 0 Å². The smallest absolute Gasteiger partial charge is 0.168 e. The lowest BCUT2D eigenvalue weighted by molar-refractivity contribution is 0.270. The first-order valence-electron chi connectivity index (χ1n) is 7.42. The summed E-state index contributed by atoms with van der Waals surface area (Å²) in [6.45, 7) is 0.453. The van der Waals surface area contributed by atoms with Crippen LogP contribution in [0, 0.1) is 5.82 Å². The molecule has 24 heavy (non-hydrogen) atoms. The highest BCUT2D eigenvalue weighted by molar-refractivity contribution is 7.98. The average molecular weight is 363 g/mol. The third-order valence-corrected chi connectivity index (χ3v) is 4.91. The van der Waals surface area contributed by atoms with Crippen LogP contribution in [-0.4, -0.2) is 14.7 Å². The highest BCUT2D eigenvalue weighted by Crippen LogP contribution is 2.25. The Balaban J connectivity index is 1.76. The molecule has 3 nitrogen and oxygen atoms in total. The third kappa shape index (κ3) is 4.17. The van der Waals surface area contributed by atoms with Crippen molar-refractivity contribution in [1.29, 1.82) is 0 Å². The van der Waals surface area contributed by atoms with Crippen LogP contribution in [0.25, 0.3) is 0 Å². The summed E-state index contributed by atoms with van der Waals surface area (Å²) in [5.74, 6) is 0.492. The molecule has 0 aliphatic heterocycles. The van der Waals surface area contributed by atoms with E-state index in [0.29, 0.717) is 11.6 Å². The van der Waals surface area contributed by atoms with Gasteiger partial charge in [-0.25, -0.2) is 9.37 Å². The molecule has 0 atom stereocenters. The molecule has 124 valence electrons. The first-order chi connectivity index (χ1) is 11.7. The minimum atomic E-state index is -0.260. The molecule has 0 radical (unpaired) electrons. The first-order valence-corrected chi connectivity index (χ1v) is 8.79. The normalized spacial score (nSPS) is 11.0. The average Bonchev–Trinajstić information content (AvgIpc) is 2.98. The van der Waals surface area contributed by atoms with Crippen molar-refractivity contribution in [2.75, 3.05) is 0 Å². The molecule has 6 heteroatoms. The number of aliphatic hydroxyl groups excluding tert-OH is 1. The number of imidazole rings is 1. The summed E-state index contributed by atoms with van der Waals surface area (Å²) in [6.07, 6.45) is 1.67. The van der Waals surface area contributed by atoms with Crippen LogP contribution in [0.4, 0.5) is 4.39 Å². The third-order valence-electron chi connectivity index (χ3n) is 3.60. The fourth-order valence-electron chi connectivity index (χ4n) is 2.30. The van der Waals surface area contributed by atoms with Crippen molar-refractivity contribution in [1.82, 2.24) is 9.55 Å². The van der Waals surface area contributed by atoms with Gasteiger partial charge in [0.1, 0.15) is 5.82 Å². The van der Waals surface area contributed by atoms with Crippen molar-refractivity contribution < 1.29 is 9.50 Å². The van der Waals surface area contributed by atoms with Gasteiger partial charge < -0.3 is 9.67 Å². The fraction of sp³-hybridized carbons (Fsp3) is 0.167. The Morgan fingerprint density at radius 3 is 2.38 bits per heavy atom. The monoisotopic (exact) mass is 362 g/mol. The number of thioether (sulfide) groups is 1. The molecule has 0 spiro atoms. The number of rotatable bonds is 6. The van der Waals surface area contributed by atoms with Crippen LogP contribution in [0.15, 0.2) is 59.9 Å². The highest BCUT2D eigenvalue weighted by atomic mass is 35.5. The van der Waals surface area contributed by atoms with Gasteiger partial charge >= 0.3 is 0 Å². The zero-order chi connectivity index (χ0) is 16.9. The minimum absolute atomic E-state index is 0.0876. The molecule has 3 aromatic rings. The fourth-order valence-corrected chi connectivity index (χ4v) is 3.38. The highest BCUT2D eigenvalue weighted by Gasteiger charge is 2.11. The molecule has 1 N–H and O–H groups in total. The summed E-state index contributed by atoms with van der Waals surface area (Å²) in [5.41, 5.74) is 2.83. The molecule has 0 amide bonds. The van der Waals surface area contributed by atoms with Gasteiger partial charge in [-0.2, -0.15) is 0 Å². The van der Waals surface area contributed by atoms with Crippen molar-refractivity contribution in [3.63, 3.8) is 0 Å². The van der Waals surface area contributed by atoms with Gasteiger partial charge in [0.05, 0.1) is 18.5 Å². The van der Waals surface area contributed by atoms with Gasteiger partial charge in [-0.15, -0.1) is 0 Å². The molecule has 0 bridgehead atoms. The first kappa shape index (κ1) is 17.0. The Hall–Kier alpha value is -1.82. The van der Waals surface area contributed by atoms with Crippen LogP contribution in [0.5, 0.6) is 0 Å². The maximum atomic E-state index is 13.1. The maximum absolute atomic E-state index is 13.1. The molecule has 1 heterocycles. The Labute approximate surface area is 149 Å². The van der Waals surface area contributed by atoms with Crippen molar-refractivity contribution in [2.24, 2.45) is 0 Å². The topological polar surface area (TPSA) is 38.1 Å². The zero-order valence-corrected chi connectivity index (χ0v) is 14.4. The maximum Gasteiger partial charge on any atom is 0.168 e. The van der Waals surface area contributed by atoms with Gasteiger partial charge in [-0.3, -0.25) is 0 Å². The molecule has 0 saturated carbocycles. The molecular formula is C18H16ClFN2OS. The number of nitrogens with zero attached hydrogens (tertiary/aromatic N) is 2. The van der Waals surface area contributed by atoms with Crippen LogP contribution in [0.3, 0.4) is 0 Å². The predicted octanol–water partition coefficient (Wildman–Crippen LogP) is 4.51. The minimum Gasteiger partial charge on any atom is -0.390 e. The van der Waals surface area contributed by atoms with Crippen LogP contribution in [0.2, 0.25) is 5.02 Å². The van der Waals surface area contributed by atoms with E-state index in [1.54, 1.807) is 30.1 Å². The largest absolute Gasteiger partial charge is 0.390 e. The lowest BCUT2D eigenvalue weighted by Crippen LogP contribution is -2.06. The van der Waals surface area contributed by atoms with E-state index in [1.165, 1.54) is 12.1 Å². The summed E-state index contributed by atoms with van der Waals surface area (Å²) in [5, 5.41) is 11.1. The zero-order valence-electron chi connectivity index (χ0n) is 12.8. The van der Waals surface area contributed by atoms with E-state index >= 15 is 0 Å². The van der Waals surface area contributed by atoms with Crippen LogP contribution < -0.4 is 0 Å². The van der Waals surface area contributed by atoms with E-state index in [0.717, 1.165) is 27.7 Å². The van der Waals surface area contributed by atoms with E-state index in [9.17, 15) is 9.50 Å². The van der Waals surface area contributed by atoms with Crippen molar-refractivity contribution >= 4 is 23.4 Å². The van der Waals surface area contributed by atoms with Gasteiger partial charge in [0.2, 0.25) is 0 Å². The summed E-state index contributed by atoms with van der Waals surface area (Å²) >= 11 is 7.49. The van der Waals surface area contributed by atoms with Crippen LogP contribution in [0.1, 0.15) is 16.8 Å². The van der Waals surface area contributed by atoms with Crippen molar-refractivity contribution in [3.05, 3.63) is 82.4 Å². The lowest BCUT2D eigenvalue weighted by atomic mass is 10.2. The number of halogens is 2. The van der Waals surface area contributed by atoms with Crippen LogP contribution in [-0.2, 0) is 18.9 Å². The molecule has 3 rings (SSSR count). The second-order valence-corrected chi connectivity index (χ2v) is 6.70. The molecule has 0 aliphatic rings. The Morgan fingerprint density at radius 2 is 1.71 bits per heavy atom. The number of aromatic nitrogens is 2. The second-order valence-electron chi connectivity index (χ2n) is 5.32. The van der Waals surface area contributed by atoms with Gasteiger partial charge in [-0.1, -0.05) is 47.6 Å². The summed E-state index contributed by atoms with van der Waals surface area (Å²) in [6, 6.07) is 14.0. The number of benzene rings is 2. The summed E-state index contributed by atoms with van der Waals surface area (Å²) < 4.78 is 15.0. The van der Waals surface area contributed by atoms with Gasteiger partial charge in [-0.05, 0) is 35.4 Å². The molecule has 2 aromatic carbocycles. The quantitative estimate of drug-likeness (QED) is 0.656. The Bertz CT molecular complexity index is 803. The standard InChI is InChI=1S/C18H16ClFN2OS/c19-15-5-1-14(2-6-15)12-24-18-21-9-17(11-23)22(18)10-13-3-7-16(20)8-4-13/h1-9,23H,10-12H2. The molecule has 0 saturated heterocycles. The van der Waals surface area contributed by atoms with Gasteiger partial charge in [0.15, 0.2) is 5.16 Å². The summed E-state index contributed by atoms with van der Waals surface area (Å²) in [4.78, 5) is 4.40. The van der Waals surface area contributed by atoms with E-state index < -0.39 is 0 Å². The predicted molar refractivity (Wildman–Crippen MR) is 94.7 cm³/mol. The van der Waals surface area contributed by atoms with Crippen molar-refractivity contribution in [3.8, 4) is 0 Å². The number of aliphatic hydroxyl groups is 1. The Kier molecular flexibility index (Phi) is 5.56. The molecular weight excluding hydrogens is 347 g/mol. The Morgan fingerprint density at radius 1 is 1.04 bits per heavy atom. The lowest BCUT2D eigenvalue weighted by Gasteiger charge is -2.11. The second kappa shape index (κ2) is 7.83. The van der Waals surface area contributed by atoms with E-state index in [2.05, 4.69) is 4.98 Å². The van der Waals surface area contributed by atoms with E-state index in [4.69, 9.17) is 11.6 Å². The molecule has 0 aliphatic carbocycles. The molecule has 1 aromatic heterocycles. The van der Waals surface area contributed by atoms with E-state index in [-0.39, 0.29) is 12.4 Å². The van der Waals surface area contributed by atoms with Crippen LogP contribution >= 0.6 is 23.4 Å². The van der Waals surface area contributed by atoms with Crippen molar-refractivity contribution in [2.45, 2.75) is 24.1 Å². The molecule has 0 fully saturated rings. The SMILES string of the molecule is OCc1cnc(SCc2ccc(Cl)cc2)n1Cc1ccc(F)cc1. The number of hydrogen-bond acceptors (Lipinski definition) is 3. The number of hydrogen-bond donors (Lipinski definition) is 1.